The summed E-state index contributed by atoms with van der Waals surface area (Å²) in [6.07, 6.45) is 0. The van der Waals surface area contributed by atoms with Gasteiger partial charge in [0.15, 0.2) is 0 Å². The van der Waals surface area contributed by atoms with Gasteiger partial charge in [-0.05, 0) is 25.1 Å². The van der Waals surface area contributed by atoms with Crippen LogP contribution in [0.25, 0.3) is 10.9 Å². The van der Waals surface area contributed by atoms with Crippen molar-refractivity contribution in [2.24, 2.45) is 0 Å². The van der Waals surface area contributed by atoms with Crippen molar-refractivity contribution in [3.63, 3.8) is 0 Å². The molecule has 1 N–H and O–H groups in total. The van der Waals surface area contributed by atoms with Crippen molar-refractivity contribution >= 4 is 30.2 Å². The lowest BCUT2D eigenvalue weighted by atomic mass is 9.94. The fraction of sp³-hybridized carbons (Fsp3) is 0.182. The Morgan fingerprint density at radius 2 is 2.25 bits per heavy atom. The van der Waals surface area contributed by atoms with E-state index in [2.05, 4.69) is 4.98 Å². The number of aromatic amines is 1. The van der Waals surface area contributed by atoms with E-state index in [1.807, 2.05) is 0 Å². The highest BCUT2D eigenvalue weighted by Gasteiger charge is 2.11. The molecule has 0 radical (unpaired) electrons. The smallest absolute Gasteiger partial charge is 0.354 e. The molecule has 1 aromatic carbocycles. The Labute approximate surface area is 93.0 Å². The topological polar surface area (TPSA) is 42.1 Å². The third kappa shape index (κ3) is 1.80. The van der Waals surface area contributed by atoms with Crippen LogP contribution in [0.4, 0.5) is 4.39 Å². The highest BCUT2D eigenvalue weighted by Crippen LogP contribution is 2.15. The first kappa shape index (κ1) is 10.7. The minimum Gasteiger partial charge on any atom is -0.461 e. The van der Waals surface area contributed by atoms with Crippen LogP contribution in [0.2, 0.25) is 0 Å². The summed E-state index contributed by atoms with van der Waals surface area (Å²) < 4.78 is 18.0. The summed E-state index contributed by atoms with van der Waals surface area (Å²) in [5.41, 5.74) is 1.89. The van der Waals surface area contributed by atoms with Gasteiger partial charge in [0, 0.05) is 10.9 Å². The largest absolute Gasteiger partial charge is 0.461 e. The number of benzene rings is 1. The van der Waals surface area contributed by atoms with Crippen molar-refractivity contribution in [2.75, 3.05) is 6.61 Å². The SMILES string of the molecule is Bc1cc(F)cc2cc(C(=O)OCC)[nH]c12. The summed E-state index contributed by atoms with van der Waals surface area (Å²) in [4.78, 5) is 14.4. The molecule has 82 valence electrons. The monoisotopic (exact) mass is 219 g/mol. The molecule has 2 rings (SSSR count). The van der Waals surface area contributed by atoms with Crippen molar-refractivity contribution in [3.8, 4) is 0 Å². The molecule has 0 amide bonds. The summed E-state index contributed by atoms with van der Waals surface area (Å²) in [7, 11) is 1.79. The Balaban J connectivity index is 2.51. The lowest BCUT2D eigenvalue weighted by Gasteiger charge is -1.97. The number of carbonyl (C=O) groups is 1. The normalized spacial score (nSPS) is 10.6. The van der Waals surface area contributed by atoms with E-state index in [0.29, 0.717) is 17.7 Å². The summed E-state index contributed by atoms with van der Waals surface area (Å²) in [5, 5.41) is 0.681. The van der Waals surface area contributed by atoms with E-state index in [1.54, 1.807) is 20.8 Å². The molecular formula is C11H11BFNO2. The van der Waals surface area contributed by atoms with Crippen LogP contribution < -0.4 is 5.46 Å². The van der Waals surface area contributed by atoms with Gasteiger partial charge in [0.1, 0.15) is 19.4 Å². The third-order valence-corrected chi connectivity index (χ3v) is 2.39. The molecule has 0 spiro atoms. The van der Waals surface area contributed by atoms with Crippen molar-refractivity contribution in [1.29, 1.82) is 0 Å². The predicted octanol–water partition coefficient (Wildman–Crippen LogP) is 0.742. The second kappa shape index (κ2) is 4.00. The molecule has 1 aromatic heterocycles. The zero-order valence-electron chi connectivity index (χ0n) is 9.13. The number of rotatable bonds is 2. The fourth-order valence-corrected chi connectivity index (χ4v) is 1.70. The van der Waals surface area contributed by atoms with E-state index in [4.69, 9.17) is 4.74 Å². The molecule has 5 heteroatoms. The standard InChI is InChI=1S/C11H11BFNO2/c1-2-16-11(15)9-4-6-3-7(13)5-8(12)10(6)14-9/h3-5,14H,2,12H2,1H3. The zero-order valence-corrected chi connectivity index (χ0v) is 9.13. The van der Waals surface area contributed by atoms with Crippen LogP contribution in [-0.4, -0.2) is 25.4 Å². The lowest BCUT2D eigenvalue weighted by Crippen LogP contribution is -2.07. The number of aromatic nitrogens is 1. The highest BCUT2D eigenvalue weighted by atomic mass is 19.1. The van der Waals surface area contributed by atoms with Gasteiger partial charge in [-0.1, -0.05) is 5.46 Å². The molecule has 0 atom stereocenters. The minimum atomic E-state index is -0.418. The van der Waals surface area contributed by atoms with E-state index < -0.39 is 5.97 Å². The second-order valence-electron chi connectivity index (χ2n) is 3.59. The van der Waals surface area contributed by atoms with Crippen LogP contribution >= 0.6 is 0 Å². The maximum atomic E-state index is 13.1. The van der Waals surface area contributed by atoms with E-state index >= 15 is 0 Å². The Hall–Kier alpha value is -1.78. The summed E-state index contributed by atoms with van der Waals surface area (Å²) in [6.45, 7) is 2.06. The van der Waals surface area contributed by atoms with Gasteiger partial charge in [0.25, 0.3) is 0 Å². The molecule has 3 nitrogen and oxygen atoms in total. The molecule has 2 aromatic rings. The first-order valence-corrected chi connectivity index (χ1v) is 5.08. The molecule has 0 aliphatic rings. The van der Waals surface area contributed by atoms with Gasteiger partial charge in [-0.25, -0.2) is 9.18 Å². The molecule has 0 saturated heterocycles. The number of fused-ring (bicyclic) bond motifs is 1. The molecule has 16 heavy (non-hydrogen) atoms. The van der Waals surface area contributed by atoms with Crippen molar-refractivity contribution in [3.05, 3.63) is 29.7 Å². The lowest BCUT2D eigenvalue weighted by molar-refractivity contribution is 0.0520. The minimum absolute atomic E-state index is 0.306. The zero-order chi connectivity index (χ0) is 11.7. The first-order chi connectivity index (χ1) is 7.61. The molecule has 0 saturated carbocycles. The van der Waals surface area contributed by atoms with Gasteiger partial charge < -0.3 is 9.72 Å². The maximum absolute atomic E-state index is 13.1. The van der Waals surface area contributed by atoms with E-state index in [9.17, 15) is 9.18 Å². The fourth-order valence-electron chi connectivity index (χ4n) is 1.70. The molecule has 0 fully saturated rings. The molecular weight excluding hydrogens is 208 g/mol. The first-order valence-electron chi connectivity index (χ1n) is 5.08. The van der Waals surface area contributed by atoms with Gasteiger partial charge in [0.05, 0.1) is 6.61 Å². The Kier molecular flexibility index (Phi) is 2.68. The Bertz CT molecular complexity index is 550. The van der Waals surface area contributed by atoms with Gasteiger partial charge in [-0.15, -0.1) is 0 Å². The number of ether oxygens (including phenoxy) is 1. The summed E-state index contributed by atoms with van der Waals surface area (Å²) >= 11 is 0. The Morgan fingerprint density at radius 3 is 2.94 bits per heavy atom. The summed E-state index contributed by atoms with van der Waals surface area (Å²) in [5.74, 6) is -0.724. The number of halogens is 1. The van der Waals surface area contributed by atoms with Crippen LogP contribution in [0.15, 0.2) is 18.2 Å². The number of H-pyrrole nitrogens is 1. The van der Waals surface area contributed by atoms with E-state index in [-0.39, 0.29) is 5.82 Å². The van der Waals surface area contributed by atoms with Gasteiger partial charge in [0.2, 0.25) is 0 Å². The average molecular weight is 219 g/mol. The van der Waals surface area contributed by atoms with Crippen LogP contribution in [-0.2, 0) is 4.74 Å². The van der Waals surface area contributed by atoms with Gasteiger partial charge in [-0.3, -0.25) is 0 Å². The highest BCUT2D eigenvalue weighted by molar-refractivity contribution is 6.38. The molecule has 0 bridgehead atoms. The number of hydrogen-bond acceptors (Lipinski definition) is 2. The molecule has 1 heterocycles. The van der Waals surface area contributed by atoms with E-state index in [1.165, 1.54) is 12.1 Å². The van der Waals surface area contributed by atoms with Gasteiger partial charge >= 0.3 is 5.97 Å². The quantitative estimate of drug-likeness (QED) is 0.597. The van der Waals surface area contributed by atoms with Crippen LogP contribution in [0, 0.1) is 5.82 Å². The van der Waals surface area contributed by atoms with Crippen molar-refractivity contribution in [1.82, 2.24) is 4.98 Å². The molecule has 0 aliphatic heterocycles. The van der Waals surface area contributed by atoms with E-state index in [0.717, 1.165) is 11.0 Å². The number of esters is 1. The predicted molar refractivity (Wildman–Crippen MR) is 62.4 cm³/mol. The number of hydrogen-bond donors (Lipinski definition) is 1. The molecule has 0 unspecified atom stereocenters. The third-order valence-electron chi connectivity index (χ3n) is 2.39. The van der Waals surface area contributed by atoms with Crippen molar-refractivity contribution < 1.29 is 13.9 Å². The average Bonchev–Trinajstić information content (AvgIpc) is 2.62. The van der Waals surface area contributed by atoms with Crippen molar-refractivity contribution in [2.45, 2.75) is 6.92 Å². The number of carbonyl (C=O) groups excluding carboxylic acids is 1. The second-order valence-corrected chi connectivity index (χ2v) is 3.59. The van der Waals surface area contributed by atoms with Crippen LogP contribution in [0.1, 0.15) is 17.4 Å². The summed E-state index contributed by atoms with van der Waals surface area (Å²) in [6, 6.07) is 4.42. The molecule has 0 aliphatic carbocycles. The maximum Gasteiger partial charge on any atom is 0.354 e. The van der Waals surface area contributed by atoms with Gasteiger partial charge in [-0.2, -0.15) is 0 Å². The number of nitrogens with one attached hydrogen (secondary N) is 1. The van der Waals surface area contributed by atoms with Crippen LogP contribution in [0.3, 0.4) is 0 Å². The van der Waals surface area contributed by atoms with Crippen LogP contribution in [0.5, 0.6) is 0 Å². The Morgan fingerprint density at radius 1 is 1.50 bits per heavy atom.